The number of carbonyl (C=O) groups is 2. The van der Waals surface area contributed by atoms with Crippen LogP contribution in [0.3, 0.4) is 0 Å². The minimum Gasteiger partial charge on any atom is -0.494 e. The predicted octanol–water partition coefficient (Wildman–Crippen LogP) is 4.32. The molecule has 1 aromatic rings. The van der Waals surface area contributed by atoms with Crippen molar-refractivity contribution in [2.45, 2.75) is 46.6 Å². The highest BCUT2D eigenvalue weighted by Gasteiger charge is 2.41. The zero-order chi connectivity index (χ0) is 21.0. The number of thioether (sulfide) groups is 1. The zero-order valence-corrected chi connectivity index (χ0v) is 18.3. The smallest absolute Gasteiger partial charge is 0.338 e. The van der Waals surface area contributed by atoms with E-state index in [-0.39, 0.29) is 11.8 Å². The van der Waals surface area contributed by atoms with Crippen LogP contribution >= 0.6 is 11.8 Å². The third kappa shape index (κ3) is 4.83. The maximum Gasteiger partial charge on any atom is 0.338 e. The van der Waals surface area contributed by atoms with Gasteiger partial charge in [-0.2, -0.15) is 0 Å². The number of nitrogens with zero attached hydrogens (tertiary/aromatic N) is 2. The van der Waals surface area contributed by atoms with Gasteiger partial charge in [0.15, 0.2) is 5.17 Å². The lowest BCUT2D eigenvalue weighted by Crippen LogP contribution is -2.45. The Morgan fingerprint density at radius 1 is 1.31 bits per heavy atom. The van der Waals surface area contributed by atoms with Gasteiger partial charge in [-0.25, -0.2) is 9.79 Å². The number of benzene rings is 1. The summed E-state index contributed by atoms with van der Waals surface area (Å²) in [6.45, 7) is 8.81. The number of hydrogen-bond donors (Lipinski definition) is 0. The first-order chi connectivity index (χ1) is 13.9. The molecule has 0 radical (unpaired) electrons. The number of ether oxygens (including phenoxy) is 2. The molecular weight excluding hydrogens is 388 g/mol. The van der Waals surface area contributed by atoms with Crippen molar-refractivity contribution in [3.8, 4) is 5.75 Å². The van der Waals surface area contributed by atoms with Gasteiger partial charge in [-0.1, -0.05) is 44.7 Å². The molecule has 0 aliphatic carbocycles. The van der Waals surface area contributed by atoms with Crippen molar-refractivity contribution >= 4 is 28.8 Å². The molecular formula is C22H28N2O4S. The number of rotatable bonds is 7. The van der Waals surface area contributed by atoms with E-state index in [0.717, 1.165) is 17.7 Å². The molecule has 2 aliphatic heterocycles. The molecule has 0 N–H and O–H groups in total. The van der Waals surface area contributed by atoms with E-state index in [9.17, 15) is 9.59 Å². The summed E-state index contributed by atoms with van der Waals surface area (Å²) in [5.41, 5.74) is 1.86. The Morgan fingerprint density at radius 2 is 2.03 bits per heavy atom. The van der Waals surface area contributed by atoms with Gasteiger partial charge in [0.2, 0.25) is 5.91 Å². The molecule has 0 unspecified atom stereocenters. The quantitative estimate of drug-likeness (QED) is 0.619. The van der Waals surface area contributed by atoms with E-state index in [4.69, 9.17) is 9.47 Å². The van der Waals surface area contributed by atoms with Crippen LogP contribution in [0.25, 0.3) is 0 Å². The molecule has 3 rings (SSSR count). The molecule has 2 heterocycles. The highest BCUT2D eigenvalue weighted by atomic mass is 32.2. The van der Waals surface area contributed by atoms with E-state index >= 15 is 0 Å². The summed E-state index contributed by atoms with van der Waals surface area (Å²) in [7, 11) is 0. The van der Waals surface area contributed by atoms with Gasteiger partial charge >= 0.3 is 5.97 Å². The van der Waals surface area contributed by atoms with Crippen molar-refractivity contribution in [3.63, 3.8) is 0 Å². The number of carbonyl (C=O) groups excluding carboxylic acids is 2. The van der Waals surface area contributed by atoms with Gasteiger partial charge in [0.1, 0.15) is 5.75 Å². The standard InChI is InChI=1S/C22H28N2O4S/c1-5-11-27-17-8-6-16(7-9-17)20-19(21(26)28-13-14(2)3)15(4)23-22-24(20)18(25)10-12-29-22/h6-9,14,20H,5,10-13H2,1-4H3/t20-/m1/s1. The third-order valence-corrected chi connectivity index (χ3v) is 5.60. The summed E-state index contributed by atoms with van der Waals surface area (Å²) in [5, 5.41) is 0.649. The Bertz CT molecular complexity index is 830. The molecule has 0 aromatic heterocycles. The van der Waals surface area contributed by atoms with Gasteiger partial charge in [0, 0.05) is 12.2 Å². The summed E-state index contributed by atoms with van der Waals surface area (Å²) in [6, 6.07) is 7.04. The van der Waals surface area contributed by atoms with Gasteiger partial charge in [0.25, 0.3) is 0 Å². The molecule has 1 saturated heterocycles. The fourth-order valence-electron chi connectivity index (χ4n) is 3.26. The van der Waals surface area contributed by atoms with Crippen LogP contribution in [0.15, 0.2) is 40.5 Å². The number of fused-ring (bicyclic) bond motifs is 1. The van der Waals surface area contributed by atoms with Crippen LogP contribution in [0.5, 0.6) is 5.75 Å². The van der Waals surface area contributed by atoms with Crippen molar-refractivity contribution in [2.75, 3.05) is 19.0 Å². The van der Waals surface area contributed by atoms with Crippen LogP contribution in [0.2, 0.25) is 0 Å². The Hall–Kier alpha value is -2.28. The number of esters is 1. The maximum absolute atomic E-state index is 13.0. The topological polar surface area (TPSA) is 68.2 Å². The Labute approximate surface area is 176 Å². The first-order valence-corrected chi connectivity index (χ1v) is 11.0. The average molecular weight is 417 g/mol. The van der Waals surface area contributed by atoms with Gasteiger partial charge in [-0.3, -0.25) is 9.69 Å². The van der Waals surface area contributed by atoms with Crippen molar-refractivity contribution in [1.29, 1.82) is 0 Å². The molecule has 2 aliphatic rings. The fraction of sp³-hybridized carbons (Fsp3) is 0.500. The predicted molar refractivity (Wildman–Crippen MR) is 115 cm³/mol. The van der Waals surface area contributed by atoms with Crippen LogP contribution in [-0.2, 0) is 14.3 Å². The molecule has 7 heteroatoms. The summed E-state index contributed by atoms with van der Waals surface area (Å²) in [4.78, 5) is 32.0. The SMILES string of the molecule is CCCOc1ccc([C@@H]2C(C(=O)OCC(C)C)=C(C)N=C3SCCC(=O)N32)cc1. The monoisotopic (exact) mass is 416 g/mol. The van der Waals surface area contributed by atoms with Crippen molar-refractivity contribution in [1.82, 2.24) is 4.90 Å². The maximum atomic E-state index is 13.0. The summed E-state index contributed by atoms with van der Waals surface area (Å²) < 4.78 is 11.2. The van der Waals surface area contributed by atoms with Crippen LogP contribution in [-0.4, -0.2) is 40.9 Å². The van der Waals surface area contributed by atoms with E-state index in [1.165, 1.54) is 0 Å². The van der Waals surface area contributed by atoms with Crippen LogP contribution in [0.1, 0.15) is 52.1 Å². The molecule has 0 spiro atoms. The Kier molecular flexibility index (Phi) is 7.00. The minimum absolute atomic E-state index is 0.0273. The molecule has 29 heavy (non-hydrogen) atoms. The third-order valence-electron chi connectivity index (χ3n) is 4.64. The average Bonchev–Trinajstić information content (AvgIpc) is 2.70. The van der Waals surface area contributed by atoms with Crippen LogP contribution < -0.4 is 4.74 Å². The molecule has 1 amide bonds. The minimum atomic E-state index is -0.539. The Balaban J connectivity index is 1.99. The second kappa shape index (κ2) is 9.48. The normalized spacial score (nSPS) is 19.2. The van der Waals surface area contributed by atoms with E-state index in [0.29, 0.717) is 41.8 Å². The van der Waals surface area contributed by atoms with E-state index in [1.54, 1.807) is 16.7 Å². The largest absolute Gasteiger partial charge is 0.494 e. The lowest BCUT2D eigenvalue weighted by molar-refractivity contribution is -0.141. The zero-order valence-electron chi connectivity index (χ0n) is 17.4. The fourth-order valence-corrected chi connectivity index (χ4v) is 4.27. The highest BCUT2D eigenvalue weighted by Crippen LogP contribution is 2.40. The molecule has 0 bridgehead atoms. The second-order valence-electron chi connectivity index (χ2n) is 7.57. The summed E-state index contributed by atoms with van der Waals surface area (Å²) in [6.07, 6.45) is 1.35. The molecule has 1 atom stereocenters. The van der Waals surface area contributed by atoms with Crippen molar-refractivity contribution in [2.24, 2.45) is 10.9 Å². The highest BCUT2D eigenvalue weighted by molar-refractivity contribution is 8.14. The molecule has 1 aromatic carbocycles. The summed E-state index contributed by atoms with van der Waals surface area (Å²) in [5.74, 6) is 1.25. The van der Waals surface area contributed by atoms with Gasteiger partial charge < -0.3 is 9.47 Å². The van der Waals surface area contributed by atoms with Crippen LogP contribution in [0, 0.1) is 5.92 Å². The van der Waals surface area contributed by atoms with Crippen molar-refractivity contribution in [3.05, 3.63) is 41.1 Å². The van der Waals surface area contributed by atoms with Gasteiger partial charge in [-0.15, -0.1) is 0 Å². The number of hydrogen-bond acceptors (Lipinski definition) is 6. The molecule has 156 valence electrons. The van der Waals surface area contributed by atoms with Crippen molar-refractivity contribution < 1.29 is 19.1 Å². The Morgan fingerprint density at radius 3 is 2.69 bits per heavy atom. The lowest BCUT2D eigenvalue weighted by atomic mass is 9.94. The van der Waals surface area contributed by atoms with Crippen LogP contribution in [0.4, 0.5) is 0 Å². The number of aliphatic imine (C=N–C) groups is 1. The lowest BCUT2D eigenvalue weighted by Gasteiger charge is -2.39. The van der Waals surface area contributed by atoms with Gasteiger partial charge in [0.05, 0.1) is 30.5 Å². The number of amides is 1. The number of allylic oxidation sites excluding steroid dienone is 1. The van der Waals surface area contributed by atoms with E-state index in [2.05, 4.69) is 11.9 Å². The van der Waals surface area contributed by atoms with E-state index in [1.807, 2.05) is 45.0 Å². The van der Waals surface area contributed by atoms with E-state index < -0.39 is 12.0 Å². The number of amidine groups is 1. The first-order valence-electron chi connectivity index (χ1n) is 10.1. The second-order valence-corrected chi connectivity index (χ2v) is 8.63. The molecule has 0 saturated carbocycles. The van der Waals surface area contributed by atoms with Gasteiger partial charge in [-0.05, 0) is 37.0 Å². The summed E-state index contributed by atoms with van der Waals surface area (Å²) >= 11 is 1.54. The first kappa shape index (κ1) is 21.4. The molecule has 1 fully saturated rings. The molecule has 6 nitrogen and oxygen atoms in total.